The third-order valence-corrected chi connectivity index (χ3v) is 7.76. The lowest BCUT2D eigenvalue weighted by atomic mass is 9.99. The van der Waals surface area contributed by atoms with Crippen LogP contribution in [0.3, 0.4) is 0 Å². The number of rotatable bonds is 6. The predicted molar refractivity (Wildman–Crippen MR) is 121 cm³/mol. The number of piperidine rings is 2. The molecule has 2 saturated heterocycles. The average molecular weight is 480 g/mol. The maximum atomic E-state index is 13.6. The summed E-state index contributed by atoms with van der Waals surface area (Å²) in [5.41, 5.74) is 0.573. The molecule has 2 fully saturated rings. The lowest BCUT2D eigenvalue weighted by molar-refractivity contribution is 0.0697. The maximum Gasteiger partial charge on any atom is 0.335 e. The van der Waals surface area contributed by atoms with E-state index in [0.717, 1.165) is 38.1 Å². The van der Waals surface area contributed by atoms with E-state index >= 15 is 0 Å². The minimum Gasteiger partial charge on any atom is -0.478 e. The van der Waals surface area contributed by atoms with Crippen molar-refractivity contribution in [1.82, 2.24) is 4.90 Å². The van der Waals surface area contributed by atoms with Gasteiger partial charge in [0.2, 0.25) is 0 Å². The summed E-state index contributed by atoms with van der Waals surface area (Å²) in [7, 11) is -4.27. The van der Waals surface area contributed by atoms with E-state index in [1.165, 1.54) is 31.4 Å². The molecule has 2 heterocycles. The molecule has 0 unspecified atom stereocenters. The van der Waals surface area contributed by atoms with Gasteiger partial charge in [0.15, 0.2) is 11.6 Å². The monoisotopic (exact) mass is 479 g/mol. The molecule has 10 heteroatoms. The molecule has 2 N–H and O–H groups in total. The van der Waals surface area contributed by atoms with Gasteiger partial charge in [0, 0.05) is 19.1 Å². The van der Waals surface area contributed by atoms with Gasteiger partial charge in [-0.1, -0.05) is 6.42 Å². The number of hydrogen-bond acceptors (Lipinski definition) is 5. The summed E-state index contributed by atoms with van der Waals surface area (Å²) in [6.07, 6.45) is 5.55. The molecule has 2 aromatic carbocycles. The van der Waals surface area contributed by atoms with Gasteiger partial charge in [-0.15, -0.1) is 0 Å². The molecular weight excluding hydrogens is 452 g/mol. The Labute approximate surface area is 192 Å². The highest BCUT2D eigenvalue weighted by molar-refractivity contribution is 7.92. The number of aromatic carboxylic acids is 1. The number of nitrogens with zero attached hydrogens (tertiary/aromatic N) is 2. The Bertz CT molecular complexity index is 1130. The number of benzene rings is 2. The number of anilines is 2. The van der Waals surface area contributed by atoms with E-state index in [2.05, 4.69) is 9.62 Å². The van der Waals surface area contributed by atoms with E-state index < -0.39 is 32.5 Å². The third kappa shape index (κ3) is 5.27. The first-order valence-corrected chi connectivity index (χ1v) is 12.6. The van der Waals surface area contributed by atoms with Crippen LogP contribution in [0.2, 0.25) is 0 Å². The van der Waals surface area contributed by atoms with E-state index in [1.807, 2.05) is 4.90 Å². The van der Waals surface area contributed by atoms with Crippen LogP contribution in [0.1, 0.15) is 42.5 Å². The number of sulfonamides is 1. The summed E-state index contributed by atoms with van der Waals surface area (Å²) in [4.78, 5) is 15.6. The third-order valence-electron chi connectivity index (χ3n) is 6.40. The molecule has 0 aromatic heterocycles. The van der Waals surface area contributed by atoms with Gasteiger partial charge < -0.3 is 14.9 Å². The van der Waals surface area contributed by atoms with Gasteiger partial charge in [-0.05, 0) is 75.2 Å². The maximum absolute atomic E-state index is 13.6. The molecule has 0 radical (unpaired) electrons. The molecule has 0 amide bonds. The van der Waals surface area contributed by atoms with Gasteiger partial charge in [0.1, 0.15) is 0 Å². The molecule has 178 valence electrons. The molecule has 2 aromatic rings. The molecule has 2 aliphatic rings. The lowest BCUT2D eigenvalue weighted by Gasteiger charge is -2.41. The molecular formula is C23H27F2N3O4S. The van der Waals surface area contributed by atoms with E-state index in [1.54, 1.807) is 6.07 Å². The quantitative estimate of drug-likeness (QED) is 0.653. The largest absolute Gasteiger partial charge is 0.478 e. The van der Waals surface area contributed by atoms with E-state index in [4.69, 9.17) is 0 Å². The fourth-order valence-corrected chi connectivity index (χ4v) is 5.71. The van der Waals surface area contributed by atoms with Crippen molar-refractivity contribution < 1.29 is 27.1 Å². The molecule has 33 heavy (non-hydrogen) atoms. The number of likely N-dealkylation sites (tertiary alicyclic amines) is 1. The zero-order valence-corrected chi connectivity index (χ0v) is 19.0. The number of nitrogens with one attached hydrogen (secondary N) is 1. The standard InChI is InChI=1S/C23H27F2N3O4S/c24-19-6-5-18(15-20(19)25)33(31,32)26-21-14-16(23(29)30)4-7-22(21)28-12-8-17(9-13-28)27-10-2-1-3-11-27/h4-7,14-15,17,26H,1-3,8-13H2,(H,29,30). The molecule has 0 atom stereocenters. The Hall–Kier alpha value is -2.72. The summed E-state index contributed by atoms with van der Waals surface area (Å²) in [5.74, 6) is -3.63. The fourth-order valence-electron chi connectivity index (χ4n) is 4.63. The first-order valence-electron chi connectivity index (χ1n) is 11.1. The Morgan fingerprint density at radius 1 is 0.939 bits per heavy atom. The van der Waals surface area contributed by atoms with Crippen LogP contribution < -0.4 is 9.62 Å². The molecule has 0 saturated carbocycles. The number of halogens is 2. The van der Waals surface area contributed by atoms with Gasteiger partial charge in [-0.2, -0.15) is 0 Å². The predicted octanol–water partition coefficient (Wildman–Crippen LogP) is 3.92. The lowest BCUT2D eigenvalue weighted by Crippen LogP contribution is -2.46. The Balaban J connectivity index is 1.58. The zero-order valence-electron chi connectivity index (χ0n) is 18.1. The minimum atomic E-state index is -4.27. The fraction of sp³-hybridized carbons (Fsp3) is 0.435. The molecule has 0 spiro atoms. The highest BCUT2D eigenvalue weighted by Gasteiger charge is 2.28. The summed E-state index contributed by atoms with van der Waals surface area (Å²) in [6.45, 7) is 3.62. The van der Waals surface area contributed by atoms with Gasteiger partial charge in [-0.3, -0.25) is 4.72 Å². The second kappa shape index (κ2) is 9.64. The van der Waals surface area contributed by atoms with Crippen LogP contribution in [0.15, 0.2) is 41.3 Å². The van der Waals surface area contributed by atoms with Crippen LogP contribution in [-0.4, -0.2) is 56.6 Å². The Morgan fingerprint density at radius 2 is 1.64 bits per heavy atom. The molecule has 0 aliphatic carbocycles. The summed E-state index contributed by atoms with van der Waals surface area (Å²) in [5, 5.41) is 9.38. The first-order chi connectivity index (χ1) is 15.7. The molecule has 4 rings (SSSR count). The van der Waals surface area contributed by atoms with Crippen LogP contribution in [0.5, 0.6) is 0 Å². The Kier molecular flexibility index (Phi) is 6.85. The van der Waals surface area contributed by atoms with E-state index in [-0.39, 0.29) is 11.3 Å². The second-order valence-corrected chi connectivity index (χ2v) is 10.2. The minimum absolute atomic E-state index is 0.0788. The van der Waals surface area contributed by atoms with Crippen molar-refractivity contribution in [2.24, 2.45) is 0 Å². The molecule has 0 bridgehead atoms. The normalized spacial score (nSPS) is 18.3. The summed E-state index contributed by atoms with van der Waals surface area (Å²) in [6, 6.07) is 7.07. The van der Waals surface area contributed by atoms with Crippen molar-refractivity contribution in [1.29, 1.82) is 0 Å². The van der Waals surface area contributed by atoms with Crippen LogP contribution in [-0.2, 0) is 10.0 Å². The van der Waals surface area contributed by atoms with Crippen molar-refractivity contribution >= 4 is 27.4 Å². The van der Waals surface area contributed by atoms with Gasteiger partial charge in [-0.25, -0.2) is 22.0 Å². The van der Waals surface area contributed by atoms with E-state index in [9.17, 15) is 27.1 Å². The van der Waals surface area contributed by atoms with E-state index in [0.29, 0.717) is 30.9 Å². The average Bonchev–Trinajstić information content (AvgIpc) is 2.81. The summed E-state index contributed by atoms with van der Waals surface area (Å²) >= 11 is 0. The smallest absolute Gasteiger partial charge is 0.335 e. The van der Waals surface area contributed by atoms with Gasteiger partial charge in [0.25, 0.3) is 10.0 Å². The topological polar surface area (TPSA) is 89.9 Å². The van der Waals surface area contributed by atoms with Crippen LogP contribution >= 0.6 is 0 Å². The number of hydrogen-bond donors (Lipinski definition) is 2. The SMILES string of the molecule is O=C(O)c1ccc(N2CCC(N3CCCCC3)CC2)c(NS(=O)(=O)c2ccc(F)c(F)c2)c1. The van der Waals surface area contributed by atoms with Crippen molar-refractivity contribution in [2.75, 3.05) is 35.8 Å². The molecule has 2 aliphatic heterocycles. The molecule has 7 nitrogen and oxygen atoms in total. The Morgan fingerprint density at radius 3 is 2.27 bits per heavy atom. The van der Waals surface area contributed by atoms with Crippen molar-refractivity contribution in [2.45, 2.75) is 43.0 Å². The van der Waals surface area contributed by atoms with Crippen molar-refractivity contribution in [3.05, 3.63) is 53.6 Å². The highest BCUT2D eigenvalue weighted by atomic mass is 32.2. The van der Waals surface area contributed by atoms with Gasteiger partial charge >= 0.3 is 5.97 Å². The van der Waals surface area contributed by atoms with Crippen LogP contribution in [0.25, 0.3) is 0 Å². The van der Waals surface area contributed by atoms with Crippen molar-refractivity contribution in [3.8, 4) is 0 Å². The first kappa shape index (κ1) is 23.4. The van der Waals surface area contributed by atoms with Gasteiger partial charge in [0.05, 0.1) is 21.8 Å². The van der Waals surface area contributed by atoms with Crippen LogP contribution in [0, 0.1) is 11.6 Å². The number of carboxylic acid groups (broad SMARTS) is 1. The zero-order chi connectivity index (χ0) is 23.6. The number of carboxylic acids is 1. The van der Waals surface area contributed by atoms with Crippen LogP contribution in [0.4, 0.5) is 20.2 Å². The summed E-state index contributed by atoms with van der Waals surface area (Å²) < 4.78 is 55.0. The van der Waals surface area contributed by atoms with Crippen molar-refractivity contribution in [3.63, 3.8) is 0 Å². The number of carbonyl (C=O) groups is 1. The second-order valence-electron chi connectivity index (χ2n) is 8.53. The highest BCUT2D eigenvalue weighted by Crippen LogP contribution is 2.33.